The van der Waals surface area contributed by atoms with Crippen molar-refractivity contribution in [1.29, 1.82) is 0 Å². The van der Waals surface area contributed by atoms with E-state index in [4.69, 9.17) is 0 Å². The molecular formula is C23H20N6O. The zero-order valence-electron chi connectivity index (χ0n) is 16.2. The Morgan fingerprint density at radius 2 is 1.93 bits per heavy atom. The Kier molecular flexibility index (Phi) is 4.69. The van der Waals surface area contributed by atoms with Crippen LogP contribution in [0.3, 0.4) is 0 Å². The first-order chi connectivity index (χ1) is 14.8. The van der Waals surface area contributed by atoms with Crippen molar-refractivity contribution in [2.45, 2.75) is 13.0 Å². The molecule has 0 fully saturated rings. The number of amides is 1. The van der Waals surface area contributed by atoms with Crippen LogP contribution in [0.2, 0.25) is 0 Å². The van der Waals surface area contributed by atoms with Crippen molar-refractivity contribution in [3.05, 3.63) is 78.9 Å². The molecule has 0 spiro atoms. The zero-order chi connectivity index (χ0) is 20.3. The third-order valence-corrected chi connectivity index (χ3v) is 5.14. The van der Waals surface area contributed by atoms with E-state index < -0.39 is 0 Å². The molecule has 0 saturated carbocycles. The average molecular weight is 396 g/mol. The Morgan fingerprint density at radius 1 is 1.07 bits per heavy atom. The molecule has 3 heterocycles. The van der Waals surface area contributed by atoms with Crippen molar-refractivity contribution in [1.82, 2.24) is 29.8 Å². The fourth-order valence-electron chi connectivity index (χ4n) is 3.72. The molecular weight excluding hydrogens is 376 g/mol. The number of hydrogen-bond donors (Lipinski definition) is 2. The summed E-state index contributed by atoms with van der Waals surface area (Å²) in [6.45, 7) is 0.730. The fraction of sp³-hybridized carbons (Fsp3) is 0.130. The normalized spacial score (nSPS) is 11.2. The van der Waals surface area contributed by atoms with E-state index in [0.29, 0.717) is 18.1 Å². The molecule has 0 unspecified atom stereocenters. The van der Waals surface area contributed by atoms with Gasteiger partial charge in [0.2, 0.25) is 5.91 Å². The van der Waals surface area contributed by atoms with E-state index in [-0.39, 0.29) is 12.5 Å². The van der Waals surface area contributed by atoms with Gasteiger partial charge in [-0.3, -0.25) is 9.78 Å². The standard InChI is InChI=1S/C23H20N6O/c30-22(26-10-9-16-13-27-18-6-2-1-5-17(16)18)15-29-21-8-4-3-7-19(21)28-23(29)20-14-24-11-12-25-20/h1-8,11-14,27H,9-10,15H2,(H,26,30). The van der Waals surface area contributed by atoms with Crippen molar-refractivity contribution in [3.8, 4) is 11.5 Å². The van der Waals surface area contributed by atoms with Crippen LogP contribution >= 0.6 is 0 Å². The molecule has 0 aliphatic rings. The molecule has 0 aliphatic heterocycles. The van der Waals surface area contributed by atoms with Gasteiger partial charge < -0.3 is 14.9 Å². The van der Waals surface area contributed by atoms with Crippen LogP contribution in [0.4, 0.5) is 0 Å². The lowest BCUT2D eigenvalue weighted by Gasteiger charge is -2.09. The van der Waals surface area contributed by atoms with Gasteiger partial charge in [-0.15, -0.1) is 0 Å². The number of para-hydroxylation sites is 3. The number of nitrogens with zero attached hydrogens (tertiary/aromatic N) is 4. The molecule has 0 aliphatic carbocycles. The van der Waals surface area contributed by atoms with Crippen LogP contribution in [0.1, 0.15) is 5.56 Å². The molecule has 30 heavy (non-hydrogen) atoms. The van der Waals surface area contributed by atoms with Gasteiger partial charge in [0.1, 0.15) is 12.2 Å². The van der Waals surface area contributed by atoms with E-state index in [0.717, 1.165) is 23.0 Å². The number of carbonyl (C=O) groups is 1. The molecule has 5 rings (SSSR count). The second-order valence-electron chi connectivity index (χ2n) is 7.06. The van der Waals surface area contributed by atoms with E-state index in [2.05, 4.69) is 37.4 Å². The Morgan fingerprint density at radius 3 is 2.83 bits per heavy atom. The van der Waals surface area contributed by atoms with Crippen molar-refractivity contribution in [2.75, 3.05) is 6.54 Å². The van der Waals surface area contributed by atoms with Crippen LogP contribution in [0.15, 0.2) is 73.3 Å². The Labute approximate surface area is 172 Å². The van der Waals surface area contributed by atoms with Gasteiger partial charge in [-0.25, -0.2) is 9.97 Å². The van der Waals surface area contributed by atoms with Crippen LogP contribution in [-0.4, -0.2) is 37.0 Å². The number of H-pyrrole nitrogens is 1. The number of fused-ring (bicyclic) bond motifs is 2. The lowest BCUT2D eigenvalue weighted by atomic mass is 10.1. The summed E-state index contributed by atoms with van der Waals surface area (Å²) in [4.78, 5) is 29.2. The van der Waals surface area contributed by atoms with Crippen molar-refractivity contribution in [2.24, 2.45) is 0 Å². The summed E-state index contributed by atoms with van der Waals surface area (Å²) in [5.74, 6) is 0.569. The lowest BCUT2D eigenvalue weighted by Crippen LogP contribution is -2.29. The third-order valence-electron chi connectivity index (χ3n) is 5.14. The summed E-state index contributed by atoms with van der Waals surface area (Å²) in [6, 6.07) is 15.9. The van der Waals surface area contributed by atoms with Crippen LogP contribution in [0, 0.1) is 0 Å². The topological polar surface area (TPSA) is 88.5 Å². The molecule has 2 N–H and O–H groups in total. The molecule has 3 aromatic heterocycles. The van der Waals surface area contributed by atoms with Crippen LogP contribution in [0.25, 0.3) is 33.5 Å². The molecule has 0 bridgehead atoms. The van der Waals surface area contributed by atoms with Gasteiger partial charge in [0.15, 0.2) is 5.82 Å². The number of aromatic nitrogens is 5. The summed E-state index contributed by atoms with van der Waals surface area (Å²) in [5.41, 5.74) is 4.66. The van der Waals surface area contributed by atoms with Gasteiger partial charge in [-0.1, -0.05) is 30.3 Å². The summed E-state index contributed by atoms with van der Waals surface area (Å²) >= 11 is 0. The second-order valence-corrected chi connectivity index (χ2v) is 7.06. The highest BCUT2D eigenvalue weighted by atomic mass is 16.1. The zero-order valence-corrected chi connectivity index (χ0v) is 16.2. The molecule has 7 heteroatoms. The van der Waals surface area contributed by atoms with E-state index in [1.54, 1.807) is 18.6 Å². The smallest absolute Gasteiger partial charge is 0.240 e. The van der Waals surface area contributed by atoms with Gasteiger partial charge in [-0.2, -0.15) is 0 Å². The largest absolute Gasteiger partial charge is 0.361 e. The number of rotatable bonds is 6. The lowest BCUT2D eigenvalue weighted by molar-refractivity contribution is -0.121. The van der Waals surface area contributed by atoms with E-state index in [1.807, 2.05) is 47.2 Å². The first kappa shape index (κ1) is 18.1. The van der Waals surface area contributed by atoms with E-state index in [9.17, 15) is 4.79 Å². The van der Waals surface area contributed by atoms with Gasteiger partial charge in [0, 0.05) is 36.0 Å². The number of hydrogen-bond acceptors (Lipinski definition) is 4. The molecule has 7 nitrogen and oxygen atoms in total. The Balaban J connectivity index is 1.33. The fourth-order valence-corrected chi connectivity index (χ4v) is 3.72. The predicted octanol–water partition coefficient (Wildman–Crippen LogP) is 3.33. The van der Waals surface area contributed by atoms with Crippen molar-refractivity contribution >= 4 is 27.8 Å². The van der Waals surface area contributed by atoms with E-state index in [1.165, 1.54) is 10.9 Å². The molecule has 0 saturated heterocycles. The highest BCUT2D eigenvalue weighted by molar-refractivity contribution is 5.85. The van der Waals surface area contributed by atoms with Gasteiger partial charge in [-0.05, 0) is 30.2 Å². The van der Waals surface area contributed by atoms with Gasteiger partial charge >= 0.3 is 0 Å². The first-order valence-corrected chi connectivity index (χ1v) is 9.83. The van der Waals surface area contributed by atoms with Gasteiger partial charge in [0.25, 0.3) is 0 Å². The minimum Gasteiger partial charge on any atom is -0.361 e. The summed E-state index contributed by atoms with van der Waals surface area (Å²) < 4.78 is 1.89. The summed E-state index contributed by atoms with van der Waals surface area (Å²) in [5, 5.41) is 4.22. The Hall–Kier alpha value is -4.00. The van der Waals surface area contributed by atoms with Crippen molar-refractivity contribution < 1.29 is 4.79 Å². The third kappa shape index (κ3) is 3.41. The highest BCUT2D eigenvalue weighted by Crippen LogP contribution is 2.23. The number of carbonyl (C=O) groups excluding carboxylic acids is 1. The van der Waals surface area contributed by atoms with Crippen LogP contribution < -0.4 is 5.32 Å². The minimum atomic E-state index is -0.0665. The van der Waals surface area contributed by atoms with E-state index >= 15 is 0 Å². The number of imidazole rings is 1. The molecule has 1 amide bonds. The number of benzene rings is 2. The van der Waals surface area contributed by atoms with Gasteiger partial charge in [0.05, 0.1) is 17.2 Å². The molecule has 5 aromatic rings. The van der Waals surface area contributed by atoms with Crippen LogP contribution in [0.5, 0.6) is 0 Å². The number of nitrogens with one attached hydrogen (secondary N) is 2. The molecule has 0 radical (unpaired) electrons. The molecule has 2 aromatic carbocycles. The average Bonchev–Trinajstić information content (AvgIpc) is 3.36. The summed E-state index contributed by atoms with van der Waals surface area (Å²) in [7, 11) is 0. The maximum atomic E-state index is 12.7. The predicted molar refractivity (Wildman–Crippen MR) is 116 cm³/mol. The second kappa shape index (κ2) is 7.79. The summed E-state index contributed by atoms with van der Waals surface area (Å²) in [6.07, 6.45) is 7.67. The maximum absolute atomic E-state index is 12.7. The van der Waals surface area contributed by atoms with Crippen molar-refractivity contribution in [3.63, 3.8) is 0 Å². The number of aromatic amines is 1. The quantitative estimate of drug-likeness (QED) is 0.461. The maximum Gasteiger partial charge on any atom is 0.240 e. The molecule has 148 valence electrons. The first-order valence-electron chi connectivity index (χ1n) is 9.83. The Bertz CT molecular complexity index is 1320. The highest BCUT2D eigenvalue weighted by Gasteiger charge is 2.16. The SMILES string of the molecule is O=C(Cn1c(-c2cnccn2)nc2ccccc21)NCCc1c[nH]c2ccccc12. The molecule has 0 atom stereocenters. The minimum absolute atomic E-state index is 0.0665. The monoisotopic (exact) mass is 396 g/mol. The van der Waals surface area contributed by atoms with Crippen LogP contribution in [-0.2, 0) is 17.8 Å².